The topological polar surface area (TPSA) is 101 Å². The van der Waals surface area contributed by atoms with Gasteiger partial charge >= 0.3 is 0 Å². The van der Waals surface area contributed by atoms with E-state index in [2.05, 4.69) is 10.6 Å². The van der Waals surface area contributed by atoms with Crippen molar-refractivity contribution in [1.29, 1.82) is 0 Å². The fourth-order valence-electron chi connectivity index (χ4n) is 2.84. The van der Waals surface area contributed by atoms with E-state index in [0.29, 0.717) is 25.1 Å². The highest BCUT2D eigenvalue weighted by molar-refractivity contribution is 6.44. The van der Waals surface area contributed by atoms with Gasteiger partial charge < -0.3 is 16.4 Å². The molecule has 0 atom stereocenters. The number of anilines is 1. The van der Waals surface area contributed by atoms with Gasteiger partial charge in [0.1, 0.15) is 0 Å². The molecular weight excluding hydrogens is 425 g/mol. The summed E-state index contributed by atoms with van der Waals surface area (Å²) >= 11 is 6.00. The molecule has 0 aliphatic rings. The number of amides is 2. The lowest BCUT2D eigenvalue weighted by Crippen LogP contribution is -2.33. The first kappa shape index (κ1) is 23.3. The Morgan fingerprint density at radius 1 is 0.933 bits per heavy atom. The Kier molecular flexibility index (Phi) is 8.35. The van der Waals surface area contributed by atoms with E-state index in [4.69, 9.17) is 17.3 Å². The van der Waals surface area contributed by atoms with Crippen LogP contribution in [0.1, 0.15) is 27.1 Å². The van der Waals surface area contributed by atoms with Crippen molar-refractivity contribution in [2.75, 3.05) is 18.4 Å². The minimum Gasteiger partial charge on any atom is -0.349 e. The molecule has 156 valence electrons. The second-order valence-corrected chi connectivity index (χ2v) is 6.87. The largest absolute Gasteiger partial charge is 0.349 e. The summed E-state index contributed by atoms with van der Waals surface area (Å²) in [5.74, 6) is -1.95. The molecule has 6 nitrogen and oxygen atoms in total. The molecule has 0 aromatic heterocycles. The highest BCUT2D eigenvalue weighted by atomic mass is 35.5. The van der Waals surface area contributed by atoms with E-state index in [1.807, 2.05) is 30.3 Å². The van der Waals surface area contributed by atoms with E-state index in [-0.39, 0.29) is 28.7 Å². The summed E-state index contributed by atoms with van der Waals surface area (Å²) in [6.45, 7) is 0.694. The SMILES string of the molecule is Cl.NCCCNC(=O)C(=O)c1cc(Cl)ccc1NC(=O)c1ccc2ccccc2c1. The molecule has 0 spiro atoms. The Bertz CT molecular complexity index is 1090. The van der Waals surface area contributed by atoms with Gasteiger partial charge in [0.25, 0.3) is 17.6 Å². The first-order chi connectivity index (χ1) is 14.0. The van der Waals surface area contributed by atoms with Gasteiger partial charge in [-0.25, -0.2) is 0 Å². The zero-order chi connectivity index (χ0) is 20.8. The lowest BCUT2D eigenvalue weighted by atomic mass is 10.1. The number of carbonyl (C=O) groups is 3. The van der Waals surface area contributed by atoms with Crippen LogP contribution in [0.25, 0.3) is 10.8 Å². The second-order valence-electron chi connectivity index (χ2n) is 6.43. The molecule has 4 N–H and O–H groups in total. The highest BCUT2D eigenvalue weighted by Crippen LogP contribution is 2.23. The number of halogens is 2. The van der Waals surface area contributed by atoms with E-state index in [0.717, 1.165) is 10.8 Å². The Morgan fingerprint density at radius 2 is 1.67 bits per heavy atom. The molecule has 0 bridgehead atoms. The summed E-state index contributed by atoms with van der Waals surface area (Å²) in [5.41, 5.74) is 6.06. The molecule has 0 saturated heterocycles. The van der Waals surface area contributed by atoms with Crippen LogP contribution in [-0.4, -0.2) is 30.7 Å². The standard InChI is InChI=1S/C22H20ClN3O3.ClH/c23-17-8-9-19(18(13-17)20(27)22(29)25-11-3-10-24)26-21(28)16-7-6-14-4-1-2-5-15(14)12-16;/h1-2,4-9,12-13H,3,10-11,24H2,(H,25,29)(H,26,28);1H. The summed E-state index contributed by atoms with van der Waals surface area (Å²) in [6, 6.07) is 17.4. The summed E-state index contributed by atoms with van der Waals surface area (Å²) in [4.78, 5) is 37.4. The number of nitrogens with one attached hydrogen (secondary N) is 2. The predicted molar refractivity (Wildman–Crippen MR) is 122 cm³/mol. The summed E-state index contributed by atoms with van der Waals surface area (Å²) in [7, 11) is 0. The predicted octanol–water partition coefficient (Wildman–Crippen LogP) is 3.82. The van der Waals surface area contributed by atoms with Gasteiger partial charge in [-0.15, -0.1) is 12.4 Å². The van der Waals surface area contributed by atoms with Crippen molar-refractivity contribution in [1.82, 2.24) is 5.32 Å². The van der Waals surface area contributed by atoms with Crippen LogP contribution in [0.15, 0.2) is 60.7 Å². The molecule has 3 aromatic rings. The molecule has 0 radical (unpaired) electrons. The highest BCUT2D eigenvalue weighted by Gasteiger charge is 2.21. The Hall–Kier alpha value is -2.93. The summed E-state index contributed by atoms with van der Waals surface area (Å²) < 4.78 is 0. The number of Topliss-reactive ketones (excluding diaryl/α,β-unsaturated/α-hetero) is 1. The van der Waals surface area contributed by atoms with Crippen molar-refractivity contribution in [3.05, 3.63) is 76.8 Å². The minimum absolute atomic E-state index is 0. The molecule has 0 saturated carbocycles. The van der Waals surface area contributed by atoms with Crippen molar-refractivity contribution in [3.8, 4) is 0 Å². The van der Waals surface area contributed by atoms with Crippen molar-refractivity contribution >= 4 is 58.1 Å². The average molecular weight is 446 g/mol. The smallest absolute Gasteiger partial charge is 0.292 e. The molecule has 2 amide bonds. The lowest BCUT2D eigenvalue weighted by molar-refractivity contribution is -0.117. The van der Waals surface area contributed by atoms with Crippen LogP contribution in [0.4, 0.5) is 5.69 Å². The van der Waals surface area contributed by atoms with Crippen LogP contribution >= 0.6 is 24.0 Å². The van der Waals surface area contributed by atoms with Gasteiger partial charge in [0.2, 0.25) is 0 Å². The molecule has 8 heteroatoms. The maximum absolute atomic E-state index is 12.7. The van der Waals surface area contributed by atoms with Crippen molar-refractivity contribution < 1.29 is 14.4 Å². The number of fused-ring (bicyclic) bond motifs is 1. The van der Waals surface area contributed by atoms with Crippen LogP contribution in [0.3, 0.4) is 0 Å². The second kappa shape index (κ2) is 10.7. The first-order valence-corrected chi connectivity index (χ1v) is 9.49. The molecule has 3 rings (SSSR count). The molecular formula is C22H21Cl2N3O3. The summed E-state index contributed by atoms with van der Waals surface area (Å²) in [5, 5.41) is 7.43. The number of hydrogen-bond acceptors (Lipinski definition) is 4. The van der Waals surface area contributed by atoms with Gasteiger partial charge in [-0.05, 0) is 54.1 Å². The third-order valence-electron chi connectivity index (χ3n) is 4.36. The molecule has 30 heavy (non-hydrogen) atoms. The van der Waals surface area contributed by atoms with Crippen LogP contribution in [0, 0.1) is 0 Å². The van der Waals surface area contributed by atoms with E-state index in [9.17, 15) is 14.4 Å². The van der Waals surface area contributed by atoms with Crippen molar-refractivity contribution in [2.24, 2.45) is 5.73 Å². The van der Waals surface area contributed by atoms with Crippen LogP contribution < -0.4 is 16.4 Å². The van der Waals surface area contributed by atoms with Crippen molar-refractivity contribution in [3.63, 3.8) is 0 Å². The molecule has 0 fully saturated rings. The average Bonchev–Trinajstić information content (AvgIpc) is 2.74. The quantitative estimate of drug-likeness (QED) is 0.292. The maximum atomic E-state index is 12.7. The fourth-order valence-corrected chi connectivity index (χ4v) is 3.02. The zero-order valence-electron chi connectivity index (χ0n) is 16.0. The molecule has 0 aliphatic heterocycles. The molecule has 0 unspecified atom stereocenters. The van der Waals surface area contributed by atoms with Gasteiger partial charge in [0, 0.05) is 17.1 Å². The first-order valence-electron chi connectivity index (χ1n) is 9.12. The van der Waals surface area contributed by atoms with Crippen molar-refractivity contribution in [2.45, 2.75) is 6.42 Å². The zero-order valence-corrected chi connectivity index (χ0v) is 17.6. The van der Waals surface area contributed by atoms with Gasteiger partial charge in [0.15, 0.2) is 0 Å². The van der Waals surface area contributed by atoms with Crippen LogP contribution in [0.2, 0.25) is 5.02 Å². The van der Waals surface area contributed by atoms with Crippen LogP contribution in [0.5, 0.6) is 0 Å². The number of hydrogen-bond donors (Lipinski definition) is 3. The Morgan fingerprint density at radius 3 is 2.40 bits per heavy atom. The Labute approximate surface area is 185 Å². The number of ketones is 1. The van der Waals surface area contributed by atoms with Gasteiger partial charge in [-0.2, -0.15) is 0 Å². The number of nitrogens with two attached hydrogens (primary N) is 1. The number of rotatable bonds is 7. The molecule has 0 aliphatic carbocycles. The third kappa shape index (κ3) is 5.57. The monoisotopic (exact) mass is 445 g/mol. The third-order valence-corrected chi connectivity index (χ3v) is 4.59. The number of carbonyl (C=O) groups excluding carboxylic acids is 3. The lowest BCUT2D eigenvalue weighted by Gasteiger charge is -2.12. The fraction of sp³-hybridized carbons (Fsp3) is 0.136. The van der Waals surface area contributed by atoms with E-state index in [1.165, 1.54) is 12.1 Å². The maximum Gasteiger partial charge on any atom is 0.292 e. The van der Waals surface area contributed by atoms with E-state index < -0.39 is 17.6 Å². The number of benzene rings is 3. The minimum atomic E-state index is -0.779. The van der Waals surface area contributed by atoms with Gasteiger partial charge in [0.05, 0.1) is 11.3 Å². The van der Waals surface area contributed by atoms with Gasteiger partial charge in [-0.1, -0.05) is 41.9 Å². The van der Waals surface area contributed by atoms with E-state index in [1.54, 1.807) is 18.2 Å². The molecule has 3 aromatic carbocycles. The molecule has 0 heterocycles. The van der Waals surface area contributed by atoms with E-state index >= 15 is 0 Å². The van der Waals surface area contributed by atoms with Gasteiger partial charge in [-0.3, -0.25) is 14.4 Å². The van der Waals surface area contributed by atoms with Crippen LogP contribution in [-0.2, 0) is 4.79 Å². The Balaban J connectivity index is 0.00000320. The normalized spacial score (nSPS) is 10.2. The summed E-state index contributed by atoms with van der Waals surface area (Å²) in [6.07, 6.45) is 0.556.